The smallest absolute Gasteiger partial charge is 0.410 e. The Bertz CT molecular complexity index is 870. The number of hydrogen-bond acceptors (Lipinski definition) is 4. The van der Waals surface area contributed by atoms with Crippen molar-refractivity contribution < 1.29 is 19.1 Å². The lowest BCUT2D eigenvalue weighted by Crippen LogP contribution is -2.50. The van der Waals surface area contributed by atoms with Crippen LogP contribution in [0.3, 0.4) is 0 Å². The molecule has 0 bridgehead atoms. The van der Waals surface area contributed by atoms with Crippen LogP contribution in [0.1, 0.15) is 47.0 Å². The molecule has 30 heavy (non-hydrogen) atoms. The summed E-state index contributed by atoms with van der Waals surface area (Å²) >= 11 is 12.1. The van der Waals surface area contributed by atoms with Gasteiger partial charge in [-0.05, 0) is 65.2 Å². The minimum atomic E-state index is -0.991. The van der Waals surface area contributed by atoms with Crippen LogP contribution in [0.15, 0.2) is 18.2 Å². The van der Waals surface area contributed by atoms with E-state index in [2.05, 4.69) is 0 Å². The summed E-state index contributed by atoms with van der Waals surface area (Å²) in [6.45, 7) is 8.49. The molecule has 2 aliphatic heterocycles. The van der Waals surface area contributed by atoms with Crippen molar-refractivity contribution >= 4 is 46.9 Å². The maximum atomic E-state index is 13.6. The number of anilines is 1. The van der Waals surface area contributed by atoms with Gasteiger partial charge in [0, 0.05) is 19.6 Å². The summed E-state index contributed by atoms with van der Waals surface area (Å²) in [6, 6.07) is 4.32. The summed E-state index contributed by atoms with van der Waals surface area (Å²) < 4.78 is 5.48. The van der Waals surface area contributed by atoms with Crippen LogP contribution in [0.5, 0.6) is 0 Å². The molecule has 2 saturated heterocycles. The molecule has 0 saturated carbocycles. The van der Waals surface area contributed by atoms with Crippen LogP contribution in [-0.4, -0.2) is 58.6 Å². The quantitative estimate of drug-likeness (QED) is 0.591. The zero-order chi connectivity index (χ0) is 22.3. The van der Waals surface area contributed by atoms with E-state index in [0.29, 0.717) is 49.6 Å². The van der Waals surface area contributed by atoms with E-state index in [1.54, 1.807) is 21.9 Å². The van der Waals surface area contributed by atoms with E-state index in [1.165, 1.54) is 11.0 Å². The van der Waals surface area contributed by atoms with Crippen molar-refractivity contribution in [2.45, 2.75) is 58.1 Å². The Morgan fingerprint density at radius 2 is 1.83 bits per heavy atom. The number of ether oxygens (including phenoxy) is 1. The fraction of sp³-hybridized carbons (Fsp3) is 0.571. The van der Waals surface area contributed by atoms with Crippen molar-refractivity contribution in [1.29, 1.82) is 0 Å². The highest BCUT2D eigenvalue weighted by atomic mass is 35.5. The number of carbonyl (C=O) groups excluding carboxylic acids is 3. The SMILES string of the molecule is CCN1C(=O)N(c2ccc(Cl)c(Cl)c2)C(=O)C12CCCN(C(=O)OC(C)(C)C)CC2. The number of nitrogens with zero attached hydrogens (tertiary/aromatic N) is 3. The number of likely N-dealkylation sites (tertiary alicyclic amines) is 1. The third-order valence-electron chi connectivity index (χ3n) is 5.48. The number of benzene rings is 1. The first-order valence-corrected chi connectivity index (χ1v) is 10.8. The largest absolute Gasteiger partial charge is 0.444 e. The minimum absolute atomic E-state index is 0.274. The Morgan fingerprint density at radius 1 is 1.13 bits per heavy atom. The second kappa shape index (κ2) is 8.27. The Morgan fingerprint density at radius 3 is 2.43 bits per heavy atom. The van der Waals surface area contributed by atoms with Gasteiger partial charge in [0.25, 0.3) is 5.91 Å². The lowest BCUT2D eigenvalue weighted by Gasteiger charge is -2.33. The topological polar surface area (TPSA) is 70.2 Å². The highest BCUT2D eigenvalue weighted by molar-refractivity contribution is 6.42. The van der Waals surface area contributed by atoms with Gasteiger partial charge in [-0.15, -0.1) is 0 Å². The standard InChI is InChI=1S/C21H27Cl2N3O4/c1-5-25-18(28)26(14-7-8-15(22)16(23)13-14)17(27)21(25)9-6-11-24(12-10-21)19(29)30-20(2,3)4/h7-8,13H,5-6,9-12H2,1-4H3. The van der Waals surface area contributed by atoms with Crippen molar-refractivity contribution in [1.82, 2.24) is 9.80 Å². The fourth-order valence-corrected chi connectivity index (χ4v) is 4.41. The minimum Gasteiger partial charge on any atom is -0.444 e. The van der Waals surface area contributed by atoms with Gasteiger partial charge in [0.1, 0.15) is 11.1 Å². The van der Waals surface area contributed by atoms with Crippen molar-refractivity contribution in [3.8, 4) is 0 Å². The molecule has 2 fully saturated rings. The average molecular weight is 456 g/mol. The van der Waals surface area contributed by atoms with Gasteiger partial charge >= 0.3 is 12.1 Å². The van der Waals surface area contributed by atoms with Gasteiger partial charge in [0.05, 0.1) is 15.7 Å². The lowest BCUT2D eigenvalue weighted by molar-refractivity contribution is -0.125. The number of amides is 4. The number of halogens is 2. The van der Waals surface area contributed by atoms with Gasteiger partial charge in [-0.3, -0.25) is 4.79 Å². The maximum Gasteiger partial charge on any atom is 0.410 e. The number of hydrogen-bond donors (Lipinski definition) is 0. The third kappa shape index (κ3) is 4.10. The van der Waals surface area contributed by atoms with Crippen LogP contribution in [0.25, 0.3) is 0 Å². The van der Waals surface area contributed by atoms with Crippen molar-refractivity contribution in [2.75, 3.05) is 24.5 Å². The van der Waals surface area contributed by atoms with E-state index in [0.717, 1.165) is 0 Å². The first-order chi connectivity index (χ1) is 14.0. The Labute approximate surface area is 186 Å². The zero-order valence-corrected chi connectivity index (χ0v) is 19.2. The molecule has 0 aliphatic carbocycles. The Kier molecular flexibility index (Phi) is 6.25. The Balaban J connectivity index is 1.88. The van der Waals surface area contributed by atoms with Crippen LogP contribution in [0.4, 0.5) is 15.3 Å². The average Bonchev–Trinajstić information content (AvgIpc) is 2.79. The van der Waals surface area contributed by atoms with Gasteiger partial charge in [0.2, 0.25) is 0 Å². The molecule has 9 heteroatoms. The molecule has 0 aromatic heterocycles. The molecule has 1 unspecified atom stereocenters. The summed E-state index contributed by atoms with van der Waals surface area (Å²) in [4.78, 5) is 43.7. The summed E-state index contributed by atoms with van der Waals surface area (Å²) in [5.41, 5.74) is -1.20. The molecular formula is C21H27Cl2N3O4. The van der Waals surface area contributed by atoms with Gasteiger partial charge < -0.3 is 14.5 Å². The van der Waals surface area contributed by atoms with E-state index in [1.807, 2.05) is 27.7 Å². The molecule has 3 rings (SSSR count). The molecule has 1 spiro atoms. The van der Waals surface area contributed by atoms with Crippen LogP contribution < -0.4 is 4.90 Å². The van der Waals surface area contributed by atoms with E-state index < -0.39 is 17.2 Å². The lowest BCUT2D eigenvalue weighted by atomic mass is 9.88. The van der Waals surface area contributed by atoms with Crippen molar-refractivity contribution in [2.24, 2.45) is 0 Å². The van der Waals surface area contributed by atoms with Crippen molar-refractivity contribution in [3.63, 3.8) is 0 Å². The first-order valence-electron chi connectivity index (χ1n) is 10.1. The molecule has 0 radical (unpaired) electrons. The van der Waals surface area contributed by atoms with Crippen LogP contribution >= 0.6 is 23.2 Å². The molecule has 164 valence electrons. The van der Waals surface area contributed by atoms with Gasteiger partial charge in [-0.2, -0.15) is 0 Å². The third-order valence-corrected chi connectivity index (χ3v) is 6.22. The highest BCUT2D eigenvalue weighted by Crippen LogP contribution is 2.40. The van der Waals surface area contributed by atoms with Gasteiger partial charge in [-0.1, -0.05) is 23.2 Å². The predicted molar refractivity (Wildman–Crippen MR) is 116 cm³/mol. The van der Waals surface area contributed by atoms with Crippen LogP contribution in [0, 0.1) is 0 Å². The van der Waals surface area contributed by atoms with E-state index >= 15 is 0 Å². The molecule has 0 N–H and O–H groups in total. The molecular weight excluding hydrogens is 429 g/mol. The summed E-state index contributed by atoms with van der Waals surface area (Å²) in [5.74, 6) is -0.293. The zero-order valence-electron chi connectivity index (χ0n) is 17.7. The van der Waals surface area contributed by atoms with Crippen LogP contribution in [-0.2, 0) is 9.53 Å². The molecule has 4 amide bonds. The number of carbonyl (C=O) groups is 3. The summed E-state index contributed by atoms with van der Waals surface area (Å²) in [6.07, 6.45) is 1.01. The molecule has 1 aromatic rings. The summed E-state index contributed by atoms with van der Waals surface area (Å²) in [7, 11) is 0. The number of likely N-dealkylation sites (N-methyl/N-ethyl adjacent to an activating group) is 1. The molecule has 1 atom stereocenters. The number of urea groups is 1. The normalized spacial score (nSPS) is 22.7. The van der Waals surface area contributed by atoms with E-state index in [4.69, 9.17) is 27.9 Å². The van der Waals surface area contributed by atoms with Crippen molar-refractivity contribution in [3.05, 3.63) is 28.2 Å². The first kappa shape index (κ1) is 22.7. The highest BCUT2D eigenvalue weighted by Gasteiger charge is 2.57. The monoisotopic (exact) mass is 455 g/mol. The van der Waals surface area contributed by atoms with E-state index in [9.17, 15) is 14.4 Å². The van der Waals surface area contributed by atoms with Crippen LogP contribution in [0.2, 0.25) is 10.0 Å². The fourth-order valence-electron chi connectivity index (χ4n) is 4.12. The predicted octanol–water partition coefficient (Wildman–Crippen LogP) is 4.94. The maximum absolute atomic E-state index is 13.6. The molecule has 7 nitrogen and oxygen atoms in total. The van der Waals surface area contributed by atoms with Gasteiger partial charge in [0.15, 0.2) is 0 Å². The molecule has 1 aromatic carbocycles. The second-order valence-corrected chi connectivity index (χ2v) is 9.43. The second-order valence-electron chi connectivity index (χ2n) is 8.62. The molecule has 2 heterocycles. The Hall–Kier alpha value is -1.99. The summed E-state index contributed by atoms with van der Waals surface area (Å²) in [5, 5.41) is 0.625. The van der Waals surface area contributed by atoms with E-state index in [-0.39, 0.29) is 17.0 Å². The van der Waals surface area contributed by atoms with Gasteiger partial charge in [-0.25, -0.2) is 14.5 Å². The number of imide groups is 1. The molecule has 2 aliphatic rings. The number of rotatable bonds is 2.